The zero-order chi connectivity index (χ0) is 18.4. The Labute approximate surface area is 149 Å². The number of aliphatic hydroxyl groups is 1. The van der Waals surface area contributed by atoms with Crippen LogP contribution in [0.3, 0.4) is 0 Å². The highest BCUT2D eigenvalue weighted by Gasteiger charge is 2.23. The van der Waals surface area contributed by atoms with Crippen LogP contribution in [0.5, 0.6) is 0 Å². The molecule has 1 atom stereocenters. The highest BCUT2D eigenvalue weighted by molar-refractivity contribution is 5.73. The number of nitrogens with one attached hydrogen (secondary N) is 2. The third-order valence-electron chi connectivity index (χ3n) is 4.54. The number of hydrogen-bond acceptors (Lipinski definition) is 3. The average molecular weight is 344 g/mol. The molecule has 0 aliphatic rings. The van der Waals surface area contributed by atoms with Crippen LogP contribution in [-0.2, 0) is 19.1 Å². The van der Waals surface area contributed by atoms with Crippen LogP contribution in [0.25, 0.3) is 0 Å². The van der Waals surface area contributed by atoms with Gasteiger partial charge in [0.05, 0.1) is 12.2 Å². The lowest BCUT2D eigenvalue weighted by Gasteiger charge is -2.24. The van der Waals surface area contributed by atoms with Crippen molar-refractivity contribution in [2.45, 2.75) is 39.2 Å². The molecule has 1 unspecified atom stereocenters. The van der Waals surface area contributed by atoms with E-state index in [9.17, 15) is 9.90 Å². The van der Waals surface area contributed by atoms with Crippen molar-refractivity contribution in [2.24, 2.45) is 7.05 Å². The summed E-state index contributed by atoms with van der Waals surface area (Å²) in [5.41, 5.74) is 3.14. The zero-order valence-corrected chi connectivity index (χ0v) is 15.5. The van der Waals surface area contributed by atoms with Gasteiger partial charge in [0.15, 0.2) is 0 Å². The Balaban J connectivity index is 1.72. The van der Waals surface area contributed by atoms with E-state index in [1.165, 1.54) is 11.3 Å². The smallest absolute Gasteiger partial charge is 0.314 e. The molecule has 6 nitrogen and oxygen atoms in total. The lowest BCUT2D eigenvalue weighted by Crippen LogP contribution is -2.43. The van der Waals surface area contributed by atoms with Crippen LogP contribution in [0.15, 0.2) is 30.3 Å². The van der Waals surface area contributed by atoms with E-state index >= 15 is 0 Å². The van der Waals surface area contributed by atoms with Gasteiger partial charge >= 0.3 is 6.03 Å². The fourth-order valence-corrected chi connectivity index (χ4v) is 2.86. The Morgan fingerprint density at radius 2 is 1.92 bits per heavy atom. The number of amides is 2. The number of carbonyl (C=O) groups is 1. The van der Waals surface area contributed by atoms with Crippen LogP contribution in [0.1, 0.15) is 35.9 Å². The highest BCUT2D eigenvalue weighted by atomic mass is 16.3. The van der Waals surface area contributed by atoms with Gasteiger partial charge in [-0.2, -0.15) is 5.10 Å². The predicted molar refractivity (Wildman–Crippen MR) is 98.4 cm³/mol. The Kier molecular flexibility index (Phi) is 6.20. The first-order valence-corrected chi connectivity index (χ1v) is 8.60. The second-order valence-electron chi connectivity index (χ2n) is 6.63. The van der Waals surface area contributed by atoms with Crippen molar-refractivity contribution in [3.05, 3.63) is 52.8 Å². The molecule has 0 spiro atoms. The van der Waals surface area contributed by atoms with Gasteiger partial charge in [0, 0.05) is 19.3 Å². The van der Waals surface area contributed by atoms with Gasteiger partial charge in [-0.05, 0) is 44.7 Å². The number of carbonyl (C=O) groups excluding carboxylic acids is 1. The summed E-state index contributed by atoms with van der Waals surface area (Å²) in [7, 11) is 1.94. The van der Waals surface area contributed by atoms with Gasteiger partial charge in [0.2, 0.25) is 0 Å². The highest BCUT2D eigenvalue weighted by Crippen LogP contribution is 2.18. The van der Waals surface area contributed by atoms with Crippen LogP contribution in [-0.4, -0.2) is 34.0 Å². The minimum absolute atomic E-state index is 0.156. The van der Waals surface area contributed by atoms with Gasteiger partial charge in [0.1, 0.15) is 5.60 Å². The standard InChI is InChI=1S/C19H28N4O2/c1-14-17(15(2)23(4)22-14)11-8-12-20-18(24)21-13-19(3,25)16-9-6-5-7-10-16/h5-7,9-10,25H,8,11-13H2,1-4H3,(H2,20,21,24). The molecule has 6 heteroatoms. The maximum absolute atomic E-state index is 11.9. The van der Waals surface area contributed by atoms with E-state index in [4.69, 9.17) is 0 Å². The van der Waals surface area contributed by atoms with Crippen LogP contribution in [0.4, 0.5) is 4.79 Å². The summed E-state index contributed by atoms with van der Waals surface area (Å²) in [6.07, 6.45) is 1.73. The maximum Gasteiger partial charge on any atom is 0.314 e. The first kappa shape index (κ1) is 19.0. The molecule has 0 aliphatic carbocycles. The average Bonchev–Trinajstić information content (AvgIpc) is 2.83. The molecule has 0 aliphatic heterocycles. The van der Waals surface area contributed by atoms with Gasteiger partial charge < -0.3 is 15.7 Å². The molecule has 1 aromatic carbocycles. The first-order chi connectivity index (χ1) is 11.8. The Hall–Kier alpha value is -2.34. The lowest BCUT2D eigenvalue weighted by molar-refractivity contribution is 0.0594. The summed E-state index contributed by atoms with van der Waals surface area (Å²) in [4.78, 5) is 11.9. The van der Waals surface area contributed by atoms with E-state index in [0.717, 1.165) is 24.1 Å². The fraction of sp³-hybridized carbons (Fsp3) is 0.474. The Bertz CT molecular complexity index is 708. The number of aryl methyl sites for hydroxylation is 2. The molecule has 2 rings (SSSR count). The van der Waals surface area contributed by atoms with Crippen LogP contribution < -0.4 is 10.6 Å². The Morgan fingerprint density at radius 3 is 2.52 bits per heavy atom. The number of hydrogen-bond donors (Lipinski definition) is 3. The third-order valence-corrected chi connectivity index (χ3v) is 4.54. The molecule has 0 saturated heterocycles. The van der Waals surface area contributed by atoms with Crippen molar-refractivity contribution < 1.29 is 9.90 Å². The van der Waals surface area contributed by atoms with Gasteiger partial charge in [-0.1, -0.05) is 30.3 Å². The summed E-state index contributed by atoms with van der Waals surface area (Å²) >= 11 is 0. The van der Waals surface area contributed by atoms with E-state index < -0.39 is 5.60 Å². The molecule has 1 aromatic heterocycles. The molecule has 1 heterocycles. The van der Waals surface area contributed by atoms with Crippen LogP contribution >= 0.6 is 0 Å². The van der Waals surface area contributed by atoms with Crippen molar-refractivity contribution in [3.63, 3.8) is 0 Å². The molecule has 136 valence electrons. The van der Waals surface area contributed by atoms with Gasteiger partial charge in [-0.3, -0.25) is 4.68 Å². The van der Waals surface area contributed by atoms with E-state index in [-0.39, 0.29) is 12.6 Å². The summed E-state index contributed by atoms with van der Waals surface area (Å²) in [6, 6.07) is 9.05. The van der Waals surface area contributed by atoms with Gasteiger partial charge in [-0.25, -0.2) is 4.79 Å². The van der Waals surface area contributed by atoms with Crippen molar-refractivity contribution >= 4 is 6.03 Å². The second kappa shape index (κ2) is 8.16. The zero-order valence-electron chi connectivity index (χ0n) is 15.5. The largest absolute Gasteiger partial charge is 0.384 e. The van der Waals surface area contributed by atoms with E-state index in [2.05, 4.69) is 22.7 Å². The van der Waals surface area contributed by atoms with E-state index in [0.29, 0.717) is 6.54 Å². The molecule has 2 amide bonds. The van der Waals surface area contributed by atoms with Crippen molar-refractivity contribution in [2.75, 3.05) is 13.1 Å². The van der Waals surface area contributed by atoms with Crippen LogP contribution in [0.2, 0.25) is 0 Å². The minimum Gasteiger partial charge on any atom is -0.384 e. The summed E-state index contributed by atoms with van der Waals surface area (Å²) in [6.45, 7) is 6.49. The number of benzene rings is 1. The predicted octanol–water partition coefficient (Wildman–Crippen LogP) is 2.18. The fourth-order valence-electron chi connectivity index (χ4n) is 2.86. The maximum atomic E-state index is 11.9. The van der Waals surface area contributed by atoms with Gasteiger partial charge in [0.25, 0.3) is 0 Å². The number of rotatable bonds is 7. The first-order valence-electron chi connectivity index (χ1n) is 8.60. The summed E-state index contributed by atoms with van der Waals surface area (Å²) < 4.78 is 1.89. The SMILES string of the molecule is Cc1nn(C)c(C)c1CCCNC(=O)NCC(C)(O)c1ccccc1. The van der Waals surface area contributed by atoms with Crippen LogP contribution in [0, 0.1) is 13.8 Å². The minimum atomic E-state index is -1.09. The number of aromatic nitrogens is 2. The molecule has 0 radical (unpaired) electrons. The quantitative estimate of drug-likeness (QED) is 0.674. The van der Waals surface area contributed by atoms with Crippen molar-refractivity contribution in [1.29, 1.82) is 0 Å². The third kappa shape index (κ3) is 5.06. The molecule has 3 N–H and O–H groups in total. The normalized spacial score (nSPS) is 13.3. The molecule has 25 heavy (non-hydrogen) atoms. The molecule has 0 bridgehead atoms. The van der Waals surface area contributed by atoms with Crippen molar-refractivity contribution in [3.8, 4) is 0 Å². The molecule has 2 aromatic rings. The van der Waals surface area contributed by atoms with Crippen molar-refractivity contribution in [1.82, 2.24) is 20.4 Å². The van der Waals surface area contributed by atoms with E-state index in [1.54, 1.807) is 6.92 Å². The molecule has 0 fully saturated rings. The van der Waals surface area contributed by atoms with Gasteiger partial charge in [-0.15, -0.1) is 0 Å². The second-order valence-corrected chi connectivity index (χ2v) is 6.63. The molecule has 0 saturated carbocycles. The lowest BCUT2D eigenvalue weighted by atomic mass is 9.96. The topological polar surface area (TPSA) is 79.2 Å². The van der Waals surface area contributed by atoms with E-state index in [1.807, 2.05) is 49.0 Å². The Morgan fingerprint density at radius 1 is 1.24 bits per heavy atom. The summed E-state index contributed by atoms with van der Waals surface area (Å²) in [5.74, 6) is 0. The molecular formula is C19H28N4O2. The monoisotopic (exact) mass is 344 g/mol. The summed E-state index contributed by atoms with van der Waals surface area (Å²) in [5, 5.41) is 20.4. The number of nitrogens with zero attached hydrogens (tertiary/aromatic N) is 2. The molecular weight excluding hydrogens is 316 g/mol. The number of urea groups is 1.